The summed E-state index contributed by atoms with van der Waals surface area (Å²) in [6.07, 6.45) is 5.31. The summed E-state index contributed by atoms with van der Waals surface area (Å²) in [5.74, 6) is 0.719. The summed E-state index contributed by atoms with van der Waals surface area (Å²) in [7, 11) is 2.28. The average Bonchev–Trinajstić information content (AvgIpc) is 2.27. The van der Waals surface area contributed by atoms with Gasteiger partial charge in [-0.2, -0.15) is 0 Å². The van der Waals surface area contributed by atoms with Crippen LogP contribution in [-0.2, 0) is 0 Å². The molecule has 1 fully saturated rings. The van der Waals surface area contributed by atoms with Gasteiger partial charge in [0.05, 0.1) is 0 Å². The molecular weight excluding hydrogens is 208 g/mol. The van der Waals surface area contributed by atoms with Crippen LogP contribution < -0.4 is 5.73 Å². The van der Waals surface area contributed by atoms with Crippen molar-refractivity contribution >= 4 is 0 Å². The first kappa shape index (κ1) is 15.0. The minimum atomic E-state index is 0.227. The Labute approximate surface area is 108 Å². The van der Waals surface area contributed by atoms with Gasteiger partial charge in [-0.25, -0.2) is 0 Å². The molecule has 102 valence electrons. The fourth-order valence-electron chi connectivity index (χ4n) is 3.33. The Hall–Kier alpha value is -0.0800. The third-order valence-corrected chi connectivity index (χ3v) is 5.30. The van der Waals surface area contributed by atoms with E-state index >= 15 is 0 Å². The highest BCUT2D eigenvalue weighted by molar-refractivity contribution is 5.00. The number of nitrogens with zero attached hydrogens (tertiary/aromatic N) is 1. The Bertz CT molecular complexity index is 244. The lowest BCUT2D eigenvalue weighted by molar-refractivity contribution is -0.0246. The van der Waals surface area contributed by atoms with Crippen LogP contribution >= 0.6 is 0 Å². The second-order valence-corrected chi connectivity index (χ2v) is 7.11. The summed E-state index contributed by atoms with van der Waals surface area (Å²) in [5, 5.41) is 0. The van der Waals surface area contributed by atoms with E-state index in [1.54, 1.807) is 0 Å². The Balaban J connectivity index is 2.92. The topological polar surface area (TPSA) is 29.3 Å². The molecule has 0 amide bonds. The summed E-state index contributed by atoms with van der Waals surface area (Å²) >= 11 is 0. The van der Waals surface area contributed by atoms with E-state index in [-0.39, 0.29) is 5.54 Å². The van der Waals surface area contributed by atoms with Gasteiger partial charge in [0, 0.05) is 18.1 Å². The fraction of sp³-hybridized carbons (Fsp3) is 1.00. The highest BCUT2D eigenvalue weighted by Gasteiger charge is 2.44. The maximum atomic E-state index is 6.17. The van der Waals surface area contributed by atoms with Crippen LogP contribution in [0.1, 0.15) is 60.3 Å². The zero-order valence-corrected chi connectivity index (χ0v) is 12.7. The molecule has 0 spiro atoms. The molecule has 1 aliphatic rings. The summed E-state index contributed by atoms with van der Waals surface area (Å²) in [5.41, 5.74) is 6.71. The van der Waals surface area contributed by atoms with Crippen molar-refractivity contribution in [3.63, 3.8) is 0 Å². The Morgan fingerprint density at radius 2 is 1.94 bits per heavy atom. The summed E-state index contributed by atoms with van der Waals surface area (Å²) < 4.78 is 0. The van der Waals surface area contributed by atoms with Gasteiger partial charge in [-0.1, -0.05) is 40.5 Å². The van der Waals surface area contributed by atoms with Gasteiger partial charge in [-0.3, -0.25) is 4.90 Å². The molecule has 0 aromatic rings. The second kappa shape index (κ2) is 5.27. The number of hydrogen-bond donors (Lipinski definition) is 1. The predicted molar refractivity (Wildman–Crippen MR) is 76.1 cm³/mol. The van der Waals surface area contributed by atoms with E-state index < -0.39 is 0 Å². The van der Waals surface area contributed by atoms with Crippen molar-refractivity contribution in [3.8, 4) is 0 Å². The van der Waals surface area contributed by atoms with Crippen molar-refractivity contribution in [2.24, 2.45) is 17.1 Å². The van der Waals surface area contributed by atoms with Crippen LogP contribution in [0.4, 0.5) is 0 Å². The predicted octanol–water partition coefficient (Wildman–Crippen LogP) is 3.26. The first-order valence-corrected chi connectivity index (χ1v) is 7.18. The monoisotopic (exact) mass is 240 g/mol. The Morgan fingerprint density at radius 3 is 2.35 bits per heavy atom. The Morgan fingerprint density at radius 1 is 1.35 bits per heavy atom. The van der Waals surface area contributed by atoms with Crippen molar-refractivity contribution < 1.29 is 0 Å². The third kappa shape index (κ3) is 2.85. The first-order valence-electron chi connectivity index (χ1n) is 7.18. The van der Waals surface area contributed by atoms with Crippen molar-refractivity contribution in [1.82, 2.24) is 4.90 Å². The molecule has 2 N–H and O–H groups in total. The molecule has 2 nitrogen and oxygen atoms in total. The lowest BCUT2D eigenvalue weighted by Gasteiger charge is -2.53. The third-order valence-electron chi connectivity index (χ3n) is 5.30. The van der Waals surface area contributed by atoms with Crippen LogP contribution in [-0.4, -0.2) is 30.1 Å². The van der Waals surface area contributed by atoms with E-state index in [4.69, 9.17) is 5.73 Å². The molecule has 0 bridgehead atoms. The Kier molecular flexibility index (Phi) is 4.65. The van der Waals surface area contributed by atoms with E-state index in [1.165, 1.54) is 25.7 Å². The quantitative estimate of drug-likeness (QED) is 0.820. The molecule has 0 heterocycles. The highest BCUT2D eigenvalue weighted by atomic mass is 15.2. The fourth-order valence-corrected chi connectivity index (χ4v) is 3.33. The van der Waals surface area contributed by atoms with E-state index in [0.717, 1.165) is 12.5 Å². The largest absolute Gasteiger partial charge is 0.329 e. The molecule has 1 saturated carbocycles. The standard InChI is InChI=1S/C15H32N2/c1-12-9-7-8-10-15(12,11-16)17(6)13(2)14(3,4)5/h12-13H,7-11,16H2,1-6H3. The number of nitrogens with two attached hydrogens (primary N) is 1. The zero-order chi connectivity index (χ0) is 13.3. The summed E-state index contributed by atoms with van der Waals surface area (Å²) in [4.78, 5) is 2.58. The minimum absolute atomic E-state index is 0.227. The molecular formula is C15H32N2. The maximum Gasteiger partial charge on any atom is 0.0357 e. The van der Waals surface area contributed by atoms with Gasteiger partial charge < -0.3 is 5.73 Å². The second-order valence-electron chi connectivity index (χ2n) is 7.11. The normalized spacial score (nSPS) is 32.8. The molecule has 1 aliphatic carbocycles. The summed E-state index contributed by atoms with van der Waals surface area (Å²) in [6.45, 7) is 12.5. The lowest BCUT2D eigenvalue weighted by Crippen LogP contribution is -2.62. The van der Waals surface area contributed by atoms with Crippen molar-refractivity contribution in [2.45, 2.75) is 71.9 Å². The van der Waals surface area contributed by atoms with E-state index in [0.29, 0.717) is 11.5 Å². The van der Waals surface area contributed by atoms with Crippen LogP contribution in [0.5, 0.6) is 0 Å². The molecule has 0 aromatic carbocycles. The van der Waals surface area contributed by atoms with Crippen LogP contribution in [0, 0.1) is 11.3 Å². The number of hydrogen-bond acceptors (Lipinski definition) is 2. The SMILES string of the molecule is CC(N(C)C1(CN)CCCCC1C)C(C)(C)C. The van der Waals surface area contributed by atoms with E-state index in [9.17, 15) is 0 Å². The van der Waals surface area contributed by atoms with Crippen LogP contribution in [0.15, 0.2) is 0 Å². The van der Waals surface area contributed by atoms with Crippen LogP contribution in [0.2, 0.25) is 0 Å². The van der Waals surface area contributed by atoms with Gasteiger partial charge in [0.1, 0.15) is 0 Å². The number of likely N-dealkylation sites (N-methyl/N-ethyl adjacent to an activating group) is 1. The van der Waals surface area contributed by atoms with Gasteiger partial charge in [0.15, 0.2) is 0 Å². The molecule has 3 unspecified atom stereocenters. The van der Waals surface area contributed by atoms with Gasteiger partial charge in [-0.15, -0.1) is 0 Å². The molecule has 0 radical (unpaired) electrons. The number of rotatable bonds is 3. The van der Waals surface area contributed by atoms with Gasteiger partial charge in [0.25, 0.3) is 0 Å². The van der Waals surface area contributed by atoms with Crippen LogP contribution in [0.25, 0.3) is 0 Å². The summed E-state index contributed by atoms with van der Waals surface area (Å²) in [6, 6.07) is 0.562. The molecule has 0 aromatic heterocycles. The van der Waals surface area contributed by atoms with Crippen molar-refractivity contribution in [1.29, 1.82) is 0 Å². The van der Waals surface area contributed by atoms with Gasteiger partial charge in [0.2, 0.25) is 0 Å². The maximum absolute atomic E-state index is 6.17. The van der Waals surface area contributed by atoms with E-state index in [2.05, 4.69) is 46.6 Å². The highest BCUT2D eigenvalue weighted by Crippen LogP contribution is 2.40. The molecule has 0 saturated heterocycles. The molecule has 0 aliphatic heterocycles. The average molecular weight is 240 g/mol. The lowest BCUT2D eigenvalue weighted by atomic mass is 9.70. The van der Waals surface area contributed by atoms with Crippen molar-refractivity contribution in [3.05, 3.63) is 0 Å². The zero-order valence-electron chi connectivity index (χ0n) is 12.7. The molecule has 2 heteroatoms. The first-order chi connectivity index (χ1) is 7.75. The minimum Gasteiger partial charge on any atom is -0.329 e. The molecule has 17 heavy (non-hydrogen) atoms. The molecule has 3 atom stereocenters. The smallest absolute Gasteiger partial charge is 0.0357 e. The molecule has 1 rings (SSSR count). The van der Waals surface area contributed by atoms with Crippen molar-refractivity contribution in [2.75, 3.05) is 13.6 Å². The van der Waals surface area contributed by atoms with E-state index in [1.807, 2.05) is 0 Å². The van der Waals surface area contributed by atoms with Gasteiger partial charge in [-0.05, 0) is 38.1 Å². The van der Waals surface area contributed by atoms with Crippen LogP contribution in [0.3, 0.4) is 0 Å². The van der Waals surface area contributed by atoms with Gasteiger partial charge >= 0.3 is 0 Å².